The van der Waals surface area contributed by atoms with Gasteiger partial charge in [-0.2, -0.15) is 17.0 Å². The van der Waals surface area contributed by atoms with Crippen LogP contribution < -0.4 is 5.32 Å². The maximum atomic E-state index is 12.5. The topological polar surface area (TPSA) is 96.0 Å². The molecule has 0 spiro atoms. The number of carbonyl (C=O) groups is 2. The fraction of sp³-hybridized carbons (Fsp3) is 0.500. The summed E-state index contributed by atoms with van der Waals surface area (Å²) in [5.74, 6) is -1.06. The predicted molar refractivity (Wildman–Crippen MR) is 93.3 cm³/mol. The van der Waals surface area contributed by atoms with Crippen LogP contribution in [0.5, 0.6) is 0 Å². The number of methoxy groups -OCH3 is 1. The number of nitrogens with one attached hydrogen (secondary N) is 1. The summed E-state index contributed by atoms with van der Waals surface area (Å²) >= 11 is 0. The molecule has 0 atom stereocenters. The standard InChI is InChI=1S/C16H23N3O5S/c1-18(2)25(22,23)19-10-8-12(9-11-19)15(20)17-14-7-5-4-6-13(14)16(21)24-3/h4-7,12H,8-11H2,1-3H3,(H,17,20). The van der Waals surface area contributed by atoms with Crippen LogP contribution in [-0.4, -0.2) is 63.2 Å². The normalized spacial score (nSPS) is 16.6. The molecule has 0 bridgehead atoms. The van der Waals surface area contributed by atoms with Crippen molar-refractivity contribution in [3.8, 4) is 0 Å². The molecule has 1 amide bonds. The van der Waals surface area contributed by atoms with E-state index in [0.717, 1.165) is 0 Å². The maximum absolute atomic E-state index is 12.5. The third-order valence-corrected chi connectivity index (χ3v) is 6.14. The van der Waals surface area contributed by atoms with Gasteiger partial charge in [-0.05, 0) is 25.0 Å². The molecule has 0 aliphatic carbocycles. The average Bonchev–Trinajstić information content (AvgIpc) is 2.61. The van der Waals surface area contributed by atoms with Crippen molar-refractivity contribution in [3.63, 3.8) is 0 Å². The zero-order chi connectivity index (χ0) is 18.6. The summed E-state index contributed by atoms with van der Waals surface area (Å²) < 4.78 is 31.5. The van der Waals surface area contributed by atoms with Crippen LogP contribution in [0.4, 0.5) is 5.69 Å². The highest BCUT2D eigenvalue weighted by atomic mass is 32.2. The SMILES string of the molecule is COC(=O)c1ccccc1NC(=O)C1CCN(S(=O)(=O)N(C)C)CC1. The number of benzene rings is 1. The summed E-state index contributed by atoms with van der Waals surface area (Å²) in [4.78, 5) is 24.2. The van der Waals surface area contributed by atoms with Gasteiger partial charge in [0, 0.05) is 33.1 Å². The van der Waals surface area contributed by atoms with Crippen molar-refractivity contribution in [3.05, 3.63) is 29.8 Å². The zero-order valence-electron chi connectivity index (χ0n) is 14.6. The van der Waals surface area contributed by atoms with E-state index in [0.29, 0.717) is 18.5 Å². The number of amides is 1. The highest BCUT2D eigenvalue weighted by Gasteiger charge is 2.32. The minimum atomic E-state index is -3.46. The molecule has 0 radical (unpaired) electrons. The molecule has 8 nitrogen and oxygen atoms in total. The van der Waals surface area contributed by atoms with Crippen LogP contribution in [0, 0.1) is 5.92 Å². The van der Waals surface area contributed by atoms with Crippen LogP contribution in [0.1, 0.15) is 23.2 Å². The molecule has 1 aliphatic rings. The van der Waals surface area contributed by atoms with E-state index in [1.54, 1.807) is 24.3 Å². The van der Waals surface area contributed by atoms with Crippen molar-refractivity contribution in [1.82, 2.24) is 8.61 Å². The minimum absolute atomic E-state index is 0.224. The number of esters is 1. The van der Waals surface area contributed by atoms with Crippen LogP contribution in [0.3, 0.4) is 0 Å². The van der Waals surface area contributed by atoms with Gasteiger partial charge >= 0.3 is 5.97 Å². The Labute approximate surface area is 147 Å². The lowest BCUT2D eigenvalue weighted by Crippen LogP contribution is -2.46. The van der Waals surface area contributed by atoms with Crippen LogP contribution in [0.15, 0.2) is 24.3 Å². The first-order chi connectivity index (χ1) is 11.8. The Kier molecular flexibility index (Phi) is 6.15. The molecule has 1 aromatic carbocycles. The molecule has 1 aliphatic heterocycles. The number of rotatable bonds is 5. The highest BCUT2D eigenvalue weighted by Crippen LogP contribution is 2.23. The van der Waals surface area contributed by atoms with Crippen LogP contribution in [0.2, 0.25) is 0 Å². The largest absolute Gasteiger partial charge is 0.465 e. The fourth-order valence-electron chi connectivity index (χ4n) is 2.69. The molecule has 1 saturated heterocycles. The van der Waals surface area contributed by atoms with Crippen LogP contribution in [-0.2, 0) is 19.7 Å². The number of ether oxygens (including phenoxy) is 1. The van der Waals surface area contributed by atoms with E-state index in [1.165, 1.54) is 29.8 Å². The molecule has 25 heavy (non-hydrogen) atoms. The molecule has 1 N–H and O–H groups in total. The number of carbonyl (C=O) groups excluding carboxylic acids is 2. The van der Waals surface area contributed by atoms with Crippen molar-refractivity contribution in [1.29, 1.82) is 0 Å². The van der Waals surface area contributed by atoms with E-state index in [-0.39, 0.29) is 30.5 Å². The van der Waals surface area contributed by atoms with Gasteiger partial charge in [-0.15, -0.1) is 0 Å². The van der Waals surface area contributed by atoms with E-state index in [4.69, 9.17) is 4.74 Å². The Bertz CT molecular complexity index is 740. The minimum Gasteiger partial charge on any atom is -0.465 e. The Balaban J connectivity index is 2.02. The smallest absolute Gasteiger partial charge is 0.339 e. The van der Waals surface area contributed by atoms with Gasteiger partial charge in [0.25, 0.3) is 10.2 Å². The maximum Gasteiger partial charge on any atom is 0.339 e. The van der Waals surface area contributed by atoms with Crippen molar-refractivity contribution in [2.24, 2.45) is 5.92 Å². The molecular formula is C16H23N3O5S. The Morgan fingerprint density at radius 2 is 1.80 bits per heavy atom. The highest BCUT2D eigenvalue weighted by molar-refractivity contribution is 7.86. The summed E-state index contributed by atoms with van der Waals surface area (Å²) in [6.07, 6.45) is 0.860. The molecule has 1 heterocycles. The Hall–Kier alpha value is -1.97. The first-order valence-electron chi connectivity index (χ1n) is 7.93. The van der Waals surface area contributed by atoms with Crippen LogP contribution >= 0.6 is 0 Å². The van der Waals surface area contributed by atoms with Gasteiger partial charge in [0.2, 0.25) is 5.91 Å². The van der Waals surface area contributed by atoms with E-state index in [2.05, 4.69) is 5.32 Å². The van der Waals surface area contributed by atoms with Gasteiger partial charge in [-0.1, -0.05) is 12.1 Å². The van der Waals surface area contributed by atoms with Gasteiger partial charge in [0.15, 0.2) is 0 Å². The zero-order valence-corrected chi connectivity index (χ0v) is 15.4. The lowest BCUT2D eigenvalue weighted by molar-refractivity contribution is -0.120. The summed E-state index contributed by atoms with van der Waals surface area (Å²) in [6, 6.07) is 6.62. The number of hydrogen-bond donors (Lipinski definition) is 1. The van der Waals surface area contributed by atoms with Crippen molar-refractivity contribution in [2.75, 3.05) is 39.6 Å². The monoisotopic (exact) mass is 369 g/mol. The van der Waals surface area contributed by atoms with E-state index < -0.39 is 16.2 Å². The average molecular weight is 369 g/mol. The third kappa shape index (κ3) is 4.36. The molecular weight excluding hydrogens is 346 g/mol. The number of piperidine rings is 1. The predicted octanol–water partition coefficient (Wildman–Crippen LogP) is 0.930. The molecule has 9 heteroatoms. The Morgan fingerprint density at radius 1 is 1.20 bits per heavy atom. The number of hydrogen-bond acceptors (Lipinski definition) is 5. The molecule has 1 fully saturated rings. The first-order valence-corrected chi connectivity index (χ1v) is 9.33. The molecule has 0 saturated carbocycles. The van der Waals surface area contributed by atoms with Gasteiger partial charge in [-0.25, -0.2) is 4.79 Å². The Morgan fingerprint density at radius 3 is 2.36 bits per heavy atom. The van der Waals surface area contributed by atoms with Gasteiger partial charge in [0.1, 0.15) is 0 Å². The van der Waals surface area contributed by atoms with Gasteiger partial charge < -0.3 is 10.1 Å². The second-order valence-electron chi connectivity index (χ2n) is 5.99. The lowest BCUT2D eigenvalue weighted by Gasteiger charge is -2.32. The van der Waals surface area contributed by atoms with Gasteiger partial charge in [-0.3, -0.25) is 4.79 Å². The first kappa shape index (κ1) is 19.4. The summed E-state index contributed by atoms with van der Waals surface area (Å²) in [5.41, 5.74) is 0.675. The second-order valence-corrected chi connectivity index (χ2v) is 8.13. The molecule has 0 unspecified atom stereocenters. The second kappa shape index (κ2) is 7.94. The number of nitrogens with zero attached hydrogens (tertiary/aromatic N) is 2. The summed E-state index contributed by atoms with van der Waals surface area (Å²) in [6.45, 7) is 0.578. The molecule has 0 aromatic heterocycles. The van der Waals surface area contributed by atoms with E-state index in [1.807, 2.05) is 0 Å². The van der Waals surface area contributed by atoms with Gasteiger partial charge in [0.05, 0.1) is 18.4 Å². The number of anilines is 1. The summed E-state index contributed by atoms with van der Waals surface area (Å²) in [7, 11) is 0.792. The number of para-hydroxylation sites is 1. The molecule has 1 aromatic rings. The van der Waals surface area contributed by atoms with Crippen molar-refractivity contribution >= 4 is 27.8 Å². The third-order valence-electron chi connectivity index (χ3n) is 4.20. The van der Waals surface area contributed by atoms with E-state index >= 15 is 0 Å². The van der Waals surface area contributed by atoms with Crippen molar-refractivity contribution in [2.45, 2.75) is 12.8 Å². The van der Waals surface area contributed by atoms with Crippen LogP contribution in [0.25, 0.3) is 0 Å². The molecule has 138 valence electrons. The van der Waals surface area contributed by atoms with E-state index in [9.17, 15) is 18.0 Å². The van der Waals surface area contributed by atoms with Crippen molar-refractivity contribution < 1.29 is 22.7 Å². The molecule has 2 rings (SSSR count). The quantitative estimate of drug-likeness (QED) is 0.779. The fourth-order valence-corrected chi connectivity index (χ4v) is 3.83. The lowest BCUT2D eigenvalue weighted by atomic mass is 9.97. The summed E-state index contributed by atoms with van der Waals surface area (Å²) in [5, 5.41) is 2.75.